The van der Waals surface area contributed by atoms with Gasteiger partial charge in [0, 0.05) is 13.1 Å². The minimum Gasteiger partial charge on any atom is -0.449 e. The molecule has 0 spiro atoms. The average Bonchev–Trinajstić information content (AvgIpc) is 2.70. The molecule has 1 atom stereocenters. The largest absolute Gasteiger partial charge is 0.449 e. The molecular weight excluding hydrogens is 411 g/mol. The van der Waals surface area contributed by atoms with Crippen molar-refractivity contribution in [2.24, 2.45) is 0 Å². The molecule has 0 aliphatic rings. The topological polar surface area (TPSA) is 92.8 Å². The van der Waals surface area contributed by atoms with E-state index >= 15 is 0 Å². The number of aryl methyl sites for hydroxylation is 1. The average molecular weight is 437 g/mol. The molecule has 0 saturated carbocycles. The molecule has 0 aliphatic carbocycles. The number of amides is 1. The summed E-state index contributed by atoms with van der Waals surface area (Å²) in [5, 5.41) is 2.35. The predicted octanol–water partition coefficient (Wildman–Crippen LogP) is 3.35. The number of nitrogens with one attached hydrogen (secondary N) is 1. The number of nitrogens with zero attached hydrogens (tertiary/aromatic N) is 1. The van der Waals surface area contributed by atoms with E-state index in [-0.39, 0.29) is 16.1 Å². The van der Waals surface area contributed by atoms with Crippen LogP contribution in [-0.4, -0.2) is 43.8 Å². The van der Waals surface area contributed by atoms with E-state index in [1.165, 1.54) is 47.6 Å². The SMILES string of the molecule is CCN(CC)S(=O)(=O)c1cc(C(=O)O[C@H](C)C(=O)Nc2ccccc2F)ccc1C. The zero-order valence-corrected chi connectivity index (χ0v) is 18.1. The van der Waals surface area contributed by atoms with Crippen molar-refractivity contribution in [1.82, 2.24) is 4.31 Å². The Bertz CT molecular complexity index is 1040. The smallest absolute Gasteiger partial charge is 0.338 e. The molecule has 30 heavy (non-hydrogen) atoms. The maximum Gasteiger partial charge on any atom is 0.338 e. The summed E-state index contributed by atoms with van der Waals surface area (Å²) in [6.07, 6.45) is -1.22. The van der Waals surface area contributed by atoms with E-state index in [0.717, 1.165) is 0 Å². The molecule has 0 heterocycles. The summed E-state index contributed by atoms with van der Waals surface area (Å²) in [5.74, 6) is -2.19. The lowest BCUT2D eigenvalue weighted by Gasteiger charge is -2.20. The maximum absolute atomic E-state index is 13.7. The Morgan fingerprint density at radius 1 is 1.13 bits per heavy atom. The summed E-state index contributed by atoms with van der Waals surface area (Å²) >= 11 is 0. The third-order valence-corrected chi connectivity index (χ3v) is 6.72. The first kappa shape index (κ1) is 23.5. The monoisotopic (exact) mass is 436 g/mol. The van der Waals surface area contributed by atoms with E-state index in [9.17, 15) is 22.4 Å². The summed E-state index contributed by atoms with van der Waals surface area (Å²) in [6, 6.07) is 9.79. The lowest BCUT2D eigenvalue weighted by molar-refractivity contribution is -0.123. The van der Waals surface area contributed by atoms with Crippen molar-refractivity contribution >= 4 is 27.6 Å². The Labute approximate surface area is 175 Å². The molecule has 2 rings (SSSR count). The number of anilines is 1. The number of hydrogen-bond acceptors (Lipinski definition) is 5. The molecule has 0 radical (unpaired) electrons. The van der Waals surface area contributed by atoms with Crippen molar-refractivity contribution in [3.8, 4) is 0 Å². The molecular formula is C21H25FN2O5S. The summed E-state index contributed by atoms with van der Waals surface area (Å²) in [6.45, 7) is 7.01. The molecule has 1 N–H and O–H groups in total. The van der Waals surface area contributed by atoms with Crippen molar-refractivity contribution in [2.45, 2.75) is 38.7 Å². The van der Waals surface area contributed by atoms with Crippen molar-refractivity contribution in [3.05, 3.63) is 59.4 Å². The molecule has 0 aliphatic heterocycles. The van der Waals surface area contributed by atoms with Crippen LogP contribution in [0.15, 0.2) is 47.4 Å². The van der Waals surface area contributed by atoms with Crippen LogP contribution in [-0.2, 0) is 19.6 Å². The lowest BCUT2D eigenvalue weighted by atomic mass is 10.1. The first-order chi connectivity index (χ1) is 14.1. The third kappa shape index (κ3) is 5.22. The Balaban J connectivity index is 2.19. The van der Waals surface area contributed by atoms with Crippen LogP contribution in [0.3, 0.4) is 0 Å². The Morgan fingerprint density at radius 2 is 1.77 bits per heavy atom. The number of ether oxygens (including phenoxy) is 1. The van der Waals surface area contributed by atoms with E-state index in [4.69, 9.17) is 4.74 Å². The molecule has 7 nitrogen and oxygen atoms in total. The van der Waals surface area contributed by atoms with E-state index < -0.39 is 33.8 Å². The van der Waals surface area contributed by atoms with Crippen molar-refractivity contribution in [1.29, 1.82) is 0 Å². The molecule has 0 aromatic heterocycles. The van der Waals surface area contributed by atoms with Gasteiger partial charge < -0.3 is 10.1 Å². The summed E-state index contributed by atoms with van der Waals surface area (Å²) in [4.78, 5) is 24.7. The molecule has 2 aromatic rings. The molecule has 0 saturated heterocycles. The van der Waals surface area contributed by atoms with Crippen LogP contribution in [0.5, 0.6) is 0 Å². The molecule has 0 bridgehead atoms. The zero-order chi connectivity index (χ0) is 22.5. The number of hydrogen-bond donors (Lipinski definition) is 1. The molecule has 2 aromatic carbocycles. The van der Waals surface area contributed by atoms with Gasteiger partial charge >= 0.3 is 5.97 Å². The minimum atomic E-state index is -3.77. The van der Waals surface area contributed by atoms with Gasteiger partial charge in [-0.25, -0.2) is 17.6 Å². The summed E-state index contributed by atoms with van der Waals surface area (Å²) in [7, 11) is -3.77. The number of carbonyl (C=O) groups excluding carboxylic acids is 2. The van der Waals surface area contributed by atoms with Gasteiger partial charge in [-0.15, -0.1) is 0 Å². The van der Waals surface area contributed by atoms with Crippen molar-refractivity contribution in [3.63, 3.8) is 0 Å². The van der Waals surface area contributed by atoms with E-state index in [1.54, 1.807) is 26.8 Å². The number of para-hydroxylation sites is 1. The van der Waals surface area contributed by atoms with E-state index in [1.807, 2.05) is 0 Å². The van der Waals surface area contributed by atoms with Gasteiger partial charge in [0.05, 0.1) is 16.1 Å². The van der Waals surface area contributed by atoms with Crippen LogP contribution in [0, 0.1) is 12.7 Å². The lowest BCUT2D eigenvalue weighted by Crippen LogP contribution is -2.32. The molecule has 9 heteroatoms. The van der Waals surface area contributed by atoms with Crippen LogP contribution < -0.4 is 5.32 Å². The number of rotatable bonds is 8. The standard InChI is InChI=1S/C21H25FN2O5S/c1-5-24(6-2)30(27,28)19-13-16(12-11-14(19)3)21(26)29-15(4)20(25)23-18-10-8-7-9-17(18)22/h7-13,15H,5-6H2,1-4H3,(H,23,25)/t15-/m1/s1. The number of halogens is 1. The highest BCUT2D eigenvalue weighted by atomic mass is 32.2. The van der Waals surface area contributed by atoms with Crippen LogP contribution in [0.4, 0.5) is 10.1 Å². The zero-order valence-electron chi connectivity index (χ0n) is 17.3. The molecule has 0 fully saturated rings. The van der Waals surface area contributed by atoms with Gasteiger partial charge in [-0.2, -0.15) is 4.31 Å². The van der Waals surface area contributed by atoms with Gasteiger partial charge in [0.25, 0.3) is 5.91 Å². The van der Waals surface area contributed by atoms with Crippen LogP contribution in [0.1, 0.15) is 36.7 Å². The minimum absolute atomic E-state index is 0.00290. The summed E-state index contributed by atoms with van der Waals surface area (Å²) < 4.78 is 45.8. The van der Waals surface area contributed by atoms with Crippen molar-refractivity contribution < 1.29 is 27.1 Å². The second-order valence-corrected chi connectivity index (χ2v) is 8.49. The van der Waals surface area contributed by atoms with E-state index in [2.05, 4.69) is 5.32 Å². The fourth-order valence-corrected chi connectivity index (χ4v) is 4.50. The Kier molecular flexibility index (Phi) is 7.69. The highest BCUT2D eigenvalue weighted by molar-refractivity contribution is 7.89. The first-order valence-corrected chi connectivity index (χ1v) is 10.9. The van der Waals surface area contributed by atoms with Gasteiger partial charge in [-0.05, 0) is 43.7 Å². The predicted molar refractivity (Wildman–Crippen MR) is 111 cm³/mol. The number of esters is 1. The first-order valence-electron chi connectivity index (χ1n) is 9.49. The maximum atomic E-state index is 13.7. The van der Waals surface area contributed by atoms with Gasteiger partial charge in [0.1, 0.15) is 5.82 Å². The fraction of sp³-hybridized carbons (Fsp3) is 0.333. The van der Waals surface area contributed by atoms with E-state index in [0.29, 0.717) is 18.7 Å². The van der Waals surface area contributed by atoms with Gasteiger partial charge in [-0.1, -0.05) is 32.0 Å². The normalized spacial score (nSPS) is 12.5. The molecule has 162 valence electrons. The molecule has 1 amide bonds. The second kappa shape index (κ2) is 9.82. The van der Waals surface area contributed by atoms with Gasteiger partial charge in [0.15, 0.2) is 6.10 Å². The van der Waals surface area contributed by atoms with Crippen LogP contribution in [0.2, 0.25) is 0 Å². The summed E-state index contributed by atoms with van der Waals surface area (Å²) in [5.41, 5.74) is 0.453. The van der Waals surface area contributed by atoms with Crippen LogP contribution >= 0.6 is 0 Å². The van der Waals surface area contributed by atoms with Gasteiger partial charge in [-0.3, -0.25) is 4.79 Å². The quantitative estimate of drug-likeness (QED) is 0.641. The Hall–Kier alpha value is -2.78. The third-order valence-electron chi connectivity index (χ3n) is 4.53. The highest BCUT2D eigenvalue weighted by Crippen LogP contribution is 2.22. The number of sulfonamides is 1. The number of carbonyl (C=O) groups is 2. The van der Waals surface area contributed by atoms with Crippen LogP contribution in [0.25, 0.3) is 0 Å². The number of benzene rings is 2. The highest BCUT2D eigenvalue weighted by Gasteiger charge is 2.26. The van der Waals surface area contributed by atoms with Crippen molar-refractivity contribution in [2.75, 3.05) is 18.4 Å². The van der Waals surface area contributed by atoms with Gasteiger partial charge in [0.2, 0.25) is 10.0 Å². The fourth-order valence-electron chi connectivity index (χ4n) is 2.79. The Morgan fingerprint density at radius 3 is 2.37 bits per heavy atom. The second-order valence-electron chi connectivity index (χ2n) is 6.59. The molecule has 0 unspecified atom stereocenters.